The quantitative estimate of drug-likeness (QED) is 0.534. The van der Waals surface area contributed by atoms with Crippen molar-refractivity contribution in [2.75, 3.05) is 6.61 Å². The predicted octanol–water partition coefficient (Wildman–Crippen LogP) is 3.49. The number of carbonyl (C=O) groups is 2. The van der Waals surface area contributed by atoms with Gasteiger partial charge in [0.25, 0.3) is 0 Å². The van der Waals surface area contributed by atoms with Crippen LogP contribution in [0.25, 0.3) is 0 Å². The zero-order valence-corrected chi connectivity index (χ0v) is 18.7. The Labute approximate surface area is 182 Å². The molecule has 5 aliphatic rings. The molecule has 6 heteroatoms. The highest BCUT2D eigenvalue weighted by Crippen LogP contribution is 2.69. The third-order valence-corrected chi connectivity index (χ3v) is 8.90. The summed E-state index contributed by atoms with van der Waals surface area (Å²) in [6.45, 7) is 7.35. The Bertz CT molecular complexity index is 932. The molecular weight excluding hydrogens is 404 g/mol. The molecule has 1 N–H and O–H groups in total. The highest BCUT2D eigenvalue weighted by Gasteiger charge is 2.74. The van der Waals surface area contributed by atoms with Crippen LogP contribution in [0.1, 0.15) is 47.0 Å². The van der Waals surface area contributed by atoms with E-state index in [-0.39, 0.29) is 34.2 Å². The van der Waals surface area contributed by atoms with Crippen LogP contribution in [0.2, 0.25) is 0 Å². The molecule has 5 rings (SSSR count). The van der Waals surface area contributed by atoms with Crippen LogP contribution in [-0.4, -0.2) is 46.1 Å². The second-order valence-electron chi connectivity index (χ2n) is 10.4. The number of ketones is 2. The first-order valence-electron chi connectivity index (χ1n) is 10.8. The monoisotopic (exact) mass is 432 g/mol. The van der Waals surface area contributed by atoms with Crippen molar-refractivity contribution in [3.8, 4) is 0 Å². The number of Topliss-reactive ketones (excluding diaryl/α,β-unsaturated/α-hetero) is 1. The maximum Gasteiger partial charge on any atom is 0.193 e. The molecule has 0 aromatic carbocycles. The number of hydrogen-bond acceptors (Lipinski definition) is 5. The highest BCUT2D eigenvalue weighted by atomic mass is 35.5. The van der Waals surface area contributed by atoms with Crippen LogP contribution >= 0.6 is 11.6 Å². The zero-order valence-electron chi connectivity index (χ0n) is 17.9. The third kappa shape index (κ3) is 2.35. The van der Waals surface area contributed by atoms with E-state index in [1.165, 1.54) is 5.57 Å². The predicted molar refractivity (Wildman–Crippen MR) is 112 cm³/mol. The van der Waals surface area contributed by atoms with Crippen molar-refractivity contribution in [1.29, 1.82) is 0 Å². The van der Waals surface area contributed by atoms with Crippen LogP contribution in [-0.2, 0) is 19.1 Å². The molecule has 3 fully saturated rings. The van der Waals surface area contributed by atoms with Crippen LogP contribution in [0.15, 0.2) is 35.5 Å². The number of fused-ring (bicyclic) bond motifs is 7. The van der Waals surface area contributed by atoms with E-state index in [0.717, 1.165) is 12.0 Å². The van der Waals surface area contributed by atoms with Gasteiger partial charge >= 0.3 is 0 Å². The largest absolute Gasteiger partial charge is 0.388 e. The van der Waals surface area contributed by atoms with Crippen molar-refractivity contribution in [3.05, 3.63) is 35.5 Å². The number of halogens is 1. The van der Waals surface area contributed by atoms with E-state index in [4.69, 9.17) is 21.1 Å². The summed E-state index contributed by atoms with van der Waals surface area (Å²) in [6.07, 6.45) is 9.23. The number of allylic oxidation sites excluding steroid dienone is 6. The van der Waals surface area contributed by atoms with Crippen molar-refractivity contribution in [1.82, 2.24) is 0 Å². The molecular formula is C24H29ClO5. The van der Waals surface area contributed by atoms with Crippen LogP contribution in [0, 0.1) is 22.7 Å². The second-order valence-corrected chi connectivity index (χ2v) is 10.9. The first kappa shape index (κ1) is 20.6. The maximum absolute atomic E-state index is 13.2. The summed E-state index contributed by atoms with van der Waals surface area (Å²) >= 11 is 6.84. The lowest BCUT2D eigenvalue weighted by molar-refractivity contribution is -0.206. The fraction of sp³-hybridized carbons (Fsp3) is 0.667. The van der Waals surface area contributed by atoms with Gasteiger partial charge in [0.15, 0.2) is 23.0 Å². The van der Waals surface area contributed by atoms with Gasteiger partial charge in [0, 0.05) is 10.8 Å². The average molecular weight is 433 g/mol. The molecule has 30 heavy (non-hydrogen) atoms. The Hall–Kier alpha value is -1.27. The van der Waals surface area contributed by atoms with Gasteiger partial charge in [-0.2, -0.15) is 0 Å². The van der Waals surface area contributed by atoms with Crippen molar-refractivity contribution in [2.45, 2.75) is 69.8 Å². The lowest BCUT2D eigenvalue weighted by atomic mass is 9.51. The normalized spacial score (nSPS) is 48.3. The van der Waals surface area contributed by atoms with E-state index in [1.807, 2.05) is 19.9 Å². The van der Waals surface area contributed by atoms with E-state index in [1.54, 1.807) is 12.2 Å². The van der Waals surface area contributed by atoms with Crippen LogP contribution in [0.5, 0.6) is 0 Å². The summed E-state index contributed by atoms with van der Waals surface area (Å²) in [5.41, 5.74) is 0.215. The zero-order chi connectivity index (χ0) is 21.7. The lowest BCUT2D eigenvalue weighted by Gasteiger charge is -2.55. The maximum atomic E-state index is 13.2. The van der Waals surface area contributed by atoms with Crippen molar-refractivity contribution < 1.29 is 24.2 Å². The topological polar surface area (TPSA) is 72.8 Å². The van der Waals surface area contributed by atoms with Gasteiger partial charge in [-0.05, 0) is 69.6 Å². The number of carbonyl (C=O) groups excluding carboxylic acids is 2. The molecule has 162 valence electrons. The lowest BCUT2D eigenvalue weighted by Crippen LogP contribution is -2.59. The van der Waals surface area contributed by atoms with E-state index >= 15 is 0 Å². The van der Waals surface area contributed by atoms with Gasteiger partial charge < -0.3 is 14.6 Å². The fourth-order valence-corrected chi connectivity index (χ4v) is 7.74. The van der Waals surface area contributed by atoms with Gasteiger partial charge in [-0.1, -0.05) is 24.6 Å². The van der Waals surface area contributed by atoms with Crippen LogP contribution in [0.3, 0.4) is 0 Å². The molecule has 1 aliphatic heterocycles. The SMILES string of the molecule is CC1(C)O[C@@H]2C[C@H]3[C@@H]4C[C@H](Cl)C5=CC(=O)C=C[C@]5(C)C4=CC[C@]3(C)[C@]2(C(=O)CO)O1. The minimum absolute atomic E-state index is 0.0141. The molecule has 5 nitrogen and oxygen atoms in total. The minimum atomic E-state index is -1.16. The second kappa shape index (κ2) is 6.16. The summed E-state index contributed by atoms with van der Waals surface area (Å²) < 4.78 is 12.6. The van der Waals surface area contributed by atoms with E-state index in [9.17, 15) is 14.7 Å². The number of alkyl halides is 1. The molecule has 4 aliphatic carbocycles. The van der Waals surface area contributed by atoms with Gasteiger partial charge in [-0.3, -0.25) is 9.59 Å². The smallest absolute Gasteiger partial charge is 0.193 e. The number of rotatable bonds is 2. The standard InChI is InChI=1S/C24H29ClO5/c1-21(2)29-20-11-16-14-10-18(25)17-9-13(27)5-7-22(17,3)15(14)6-8-23(16,4)24(20,30-21)19(28)12-26/h5-7,9,14,16,18,20,26H,8,10-12H2,1-4H3/t14-,16+,18+,20-,22-,23+,24-/m1/s1. The molecule has 0 spiro atoms. The Morgan fingerprint density at radius 2 is 1.97 bits per heavy atom. The van der Waals surface area contributed by atoms with Gasteiger partial charge in [0.05, 0.1) is 11.5 Å². The van der Waals surface area contributed by atoms with E-state index in [0.29, 0.717) is 12.8 Å². The van der Waals surface area contributed by atoms with Crippen LogP contribution < -0.4 is 0 Å². The average Bonchev–Trinajstić information content (AvgIpc) is 3.09. The molecule has 1 saturated heterocycles. The minimum Gasteiger partial charge on any atom is -0.388 e. The molecule has 0 amide bonds. The van der Waals surface area contributed by atoms with Crippen LogP contribution in [0.4, 0.5) is 0 Å². The third-order valence-electron chi connectivity index (χ3n) is 8.49. The van der Waals surface area contributed by atoms with Gasteiger partial charge in [-0.15, -0.1) is 11.6 Å². The number of aliphatic hydroxyl groups excluding tert-OH is 1. The summed E-state index contributed by atoms with van der Waals surface area (Å²) in [4.78, 5) is 25.2. The first-order chi connectivity index (χ1) is 14.0. The molecule has 7 atom stereocenters. The molecule has 1 heterocycles. The van der Waals surface area contributed by atoms with E-state index in [2.05, 4.69) is 19.9 Å². The first-order valence-corrected chi connectivity index (χ1v) is 11.2. The van der Waals surface area contributed by atoms with E-state index < -0.39 is 29.5 Å². The molecule has 2 saturated carbocycles. The van der Waals surface area contributed by atoms with Gasteiger partial charge in [-0.25, -0.2) is 0 Å². The number of aliphatic hydroxyl groups is 1. The molecule has 0 bridgehead atoms. The highest BCUT2D eigenvalue weighted by molar-refractivity contribution is 6.23. The molecule has 0 radical (unpaired) electrons. The van der Waals surface area contributed by atoms with Crippen molar-refractivity contribution >= 4 is 23.2 Å². The Balaban J connectivity index is 1.63. The summed E-state index contributed by atoms with van der Waals surface area (Å²) in [7, 11) is 0. The number of ether oxygens (including phenoxy) is 2. The Kier molecular flexibility index (Phi) is 4.23. The van der Waals surface area contributed by atoms with Crippen molar-refractivity contribution in [2.24, 2.45) is 22.7 Å². The Morgan fingerprint density at radius 3 is 2.67 bits per heavy atom. The summed E-state index contributed by atoms with van der Waals surface area (Å²) in [5, 5.41) is 9.60. The Morgan fingerprint density at radius 1 is 1.23 bits per heavy atom. The molecule has 0 unspecified atom stereocenters. The summed E-state index contributed by atoms with van der Waals surface area (Å²) in [6, 6.07) is 0. The molecule has 0 aromatic rings. The van der Waals surface area contributed by atoms with Gasteiger partial charge in [0.2, 0.25) is 0 Å². The molecule has 0 aromatic heterocycles. The fourth-order valence-electron chi connectivity index (χ4n) is 7.25. The number of hydrogen-bond donors (Lipinski definition) is 1. The van der Waals surface area contributed by atoms with Crippen molar-refractivity contribution in [3.63, 3.8) is 0 Å². The van der Waals surface area contributed by atoms with Gasteiger partial charge in [0.1, 0.15) is 6.61 Å². The summed E-state index contributed by atoms with van der Waals surface area (Å²) in [5.74, 6) is -0.883.